The number of hydrogen-bond acceptors (Lipinski definition) is 4. The molecule has 0 aliphatic carbocycles. The lowest BCUT2D eigenvalue weighted by Gasteiger charge is -2.37. The number of carbonyl (C=O) groups excluding carboxylic acids is 1. The summed E-state index contributed by atoms with van der Waals surface area (Å²) in [5.74, 6) is 0.422. The summed E-state index contributed by atoms with van der Waals surface area (Å²) in [7, 11) is 0. The first-order valence-electron chi connectivity index (χ1n) is 6.94. The summed E-state index contributed by atoms with van der Waals surface area (Å²) in [6.45, 7) is 4.07. The molecule has 0 radical (unpaired) electrons. The molecule has 0 aromatic carbocycles. The van der Waals surface area contributed by atoms with Crippen molar-refractivity contribution in [3.05, 3.63) is 23.5 Å². The van der Waals surface area contributed by atoms with E-state index in [4.69, 9.17) is 17.3 Å². The summed E-state index contributed by atoms with van der Waals surface area (Å²) in [5, 5.41) is 3.12. The van der Waals surface area contributed by atoms with E-state index in [1.165, 1.54) is 0 Å². The highest BCUT2D eigenvalue weighted by atomic mass is 35.5. The highest BCUT2D eigenvalue weighted by Gasteiger charge is 2.26. The zero-order valence-electron chi connectivity index (χ0n) is 11.7. The van der Waals surface area contributed by atoms with Gasteiger partial charge >= 0.3 is 0 Å². The van der Waals surface area contributed by atoms with Crippen LogP contribution in [0, 0.1) is 5.92 Å². The topological polar surface area (TPSA) is 71.2 Å². The monoisotopic (exact) mass is 296 g/mol. The van der Waals surface area contributed by atoms with E-state index in [1.807, 2.05) is 0 Å². The number of likely N-dealkylation sites (tertiary alicyclic amines) is 1. The maximum absolute atomic E-state index is 12.1. The van der Waals surface area contributed by atoms with Crippen molar-refractivity contribution in [1.82, 2.24) is 9.88 Å². The number of amides is 1. The van der Waals surface area contributed by atoms with Gasteiger partial charge in [-0.2, -0.15) is 0 Å². The van der Waals surface area contributed by atoms with Gasteiger partial charge in [-0.15, -0.1) is 0 Å². The van der Waals surface area contributed by atoms with Crippen molar-refractivity contribution in [3.63, 3.8) is 0 Å². The summed E-state index contributed by atoms with van der Waals surface area (Å²) in [5.41, 5.74) is 6.29. The summed E-state index contributed by atoms with van der Waals surface area (Å²) >= 11 is 5.93. The Morgan fingerprint density at radius 3 is 3.10 bits per heavy atom. The van der Waals surface area contributed by atoms with Crippen LogP contribution in [0.5, 0.6) is 0 Å². The Kier molecular flexibility index (Phi) is 5.34. The van der Waals surface area contributed by atoms with Crippen molar-refractivity contribution in [2.75, 3.05) is 25.0 Å². The molecule has 110 valence electrons. The number of hydrogen-bond donors (Lipinski definition) is 2. The van der Waals surface area contributed by atoms with Gasteiger partial charge in [0.1, 0.15) is 0 Å². The maximum atomic E-state index is 12.1. The van der Waals surface area contributed by atoms with Gasteiger partial charge in [0.25, 0.3) is 0 Å². The van der Waals surface area contributed by atoms with Gasteiger partial charge in [0.15, 0.2) is 5.15 Å². The Morgan fingerprint density at radius 2 is 2.40 bits per heavy atom. The minimum absolute atomic E-state index is 0.0654. The SMILES string of the molecule is CC1CCC(CN)CN1CC(=O)Nc1cccnc1Cl. The standard InChI is InChI=1S/C14H21ClN4O/c1-10-4-5-11(7-16)8-19(10)9-13(20)18-12-3-2-6-17-14(12)15/h2-3,6,10-11H,4-5,7-9,16H2,1H3,(H,18,20). The molecule has 1 aliphatic heterocycles. The number of nitrogens with two attached hydrogens (primary N) is 1. The van der Waals surface area contributed by atoms with Crippen LogP contribution in [0.15, 0.2) is 18.3 Å². The lowest BCUT2D eigenvalue weighted by Crippen LogP contribution is -2.47. The van der Waals surface area contributed by atoms with Crippen LogP contribution in [0.3, 0.4) is 0 Å². The van der Waals surface area contributed by atoms with Crippen LogP contribution >= 0.6 is 11.6 Å². The number of nitrogens with zero attached hydrogens (tertiary/aromatic N) is 2. The summed E-state index contributed by atoms with van der Waals surface area (Å²) in [6, 6.07) is 3.90. The van der Waals surface area contributed by atoms with Crippen molar-refractivity contribution in [1.29, 1.82) is 0 Å². The first-order valence-corrected chi connectivity index (χ1v) is 7.32. The van der Waals surface area contributed by atoms with Gasteiger partial charge in [-0.05, 0) is 44.4 Å². The van der Waals surface area contributed by atoms with Crippen molar-refractivity contribution in [2.24, 2.45) is 11.7 Å². The van der Waals surface area contributed by atoms with E-state index >= 15 is 0 Å². The number of piperidine rings is 1. The van der Waals surface area contributed by atoms with Crippen LogP contribution in [0.25, 0.3) is 0 Å². The minimum Gasteiger partial charge on any atom is -0.330 e. The number of carbonyl (C=O) groups is 1. The van der Waals surface area contributed by atoms with Gasteiger partial charge in [0, 0.05) is 18.8 Å². The fraction of sp³-hybridized carbons (Fsp3) is 0.571. The zero-order valence-corrected chi connectivity index (χ0v) is 12.4. The van der Waals surface area contributed by atoms with Crippen LogP contribution in [-0.4, -0.2) is 41.5 Å². The lowest BCUT2D eigenvalue weighted by molar-refractivity contribution is -0.118. The molecule has 1 fully saturated rings. The zero-order chi connectivity index (χ0) is 14.5. The van der Waals surface area contributed by atoms with Crippen LogP contribution < -0.4 is 11.1 Å². The second-order valence-corrected chi connectivity index (χ2v) is 5.71. The molecule has 1 amide bonds. The molecular weight excluding hydrogens is 276 g/mol. The Hall–Kier alpha value is -1.17. The fourth-order valence-corrected chi connectivity index (χ4v) is 2.70. The van der Waals surface area contributed by atoms with Gasteiger partial charge in [-0.25, -0.2) is 4.98 Å². The van der Waals surface area contributed by atoms with E-state index in [0.29, 0.717) is 35.9 Å². The second-order valence-electron chi connectivity index (χ2n) is 5.35. The molecule has 1 aromatic rings. The molecule has 0 spiro atoms. The third kappa shape index (κ3) is 3.91. The normalized spacial score (nSPS) is 23.6. The van der Waals surface area contributed by atoms with E-state index in [1.54, 1.807) is 18.3 Å². The Morgan fingerprint density at radius 1 is 1.60 bits per heavy atom. The van der Waals surface area contributed by atoms with E-state index in [-0.39, 0.29) is 5.91 Å². The van der Waals surface area contributed by atoms with E-state index < -0.39 is 0 Å². The molecular formula is C14H21ClN4O. The number of pyridine rings is 1. The smallest absolute Gasteiger partial charge is 0.238 e. The molecule has 2 rings (SSSR count). The fourth-order valence-electron chi connectivity index (χ4n) is 2.53. The van der Waals surface area contributed by atoms with Gasteiger partial charge in [-0.3, -0.25) is 9.69 Å². The number of rotatable bonds is 4. The van der Waals surface area contributed by atoms with E-state index in [2.05, 4.69) is 22.1 Å². The molecule has 6 heteroatoms. The average Bonchev–Trinajstić information content (AvgIpc) is 2.44. The molecule has 5 nitrogen and oxygen atoms in total. The van der Waals surface area contributed by atoms with Gasteiger partial charge in [0.05, 0.1) is 12.2 Å². The van der Waals surface area contributed by atoms with Crippen molar-refractivity contribution in [3.8, 4) is 0 Å². The van der Waals surface area contributed by atoms with Gasteiger partial charge in [0.2, 0.25) is 5.91 Å². The van der Waals surface area contributed by atoms with Crippen LogP contribution in [-0.2, 0) is 4.79 Å². The Bertz CT molecular complexity index is 468. The molecule has 20 heavy (non-hydrogen) atoms. The number of nitrogens with one attached hydrogen (secondary N) is 1. The largest absolute Gasteiger partial charge is 0.330 e. The van der Waals surface area contributed by atoms with Crippen molar-refractivity contribution < 1.29 is 4.79 Å². The number of anilines is 1. The summed E-state index contributed by atoms with van der Waals surface area (Å²) in [6.07, 6.45) is 3.82. The average molecular weight is 297 g/mol. The molecule has 3 N–H and O–H groups in total. The molecule has 2 unspecified atom stereocenters. The van der Waals surface area contributed by atoms with E-state index in [0.717, 1.165) is 19.4 Å². The lowest BCUT2D eigenvalue weighted by atomic mass is 9.93. The predicted octanol–water partition coefficient (Wildman–Crippen LogP) is 1.73. The quantitative estimate of drug-likeness (QED) is 0.830. The molecule has 2 heterocycles. The third-order valence-electron chi connectivity index (χ3n) is 3.82. The highest BCUT2D eigenvalue weighted by molar-refractivity contribution is 6.32. The van der Waals surface area contributed by atoms with Crippen LogP contribution in [0.4, 0.5) is 5.69 Å². The summed E-state index contributed by atoms with van der Waals surface area (Å²) < 4.78 is 0. The van der Waals surface area contributed by atoms with E-state index in [9.17, 15) is 4.79 Å². The van der Waals surface area contributed by atoms with Crippen molar-refractivity contribution >= 4 is 23.2 Å². The highest BCUT2D eigenvalue weighted by Crippen LogP contribution is 2.21. The molecule has 0 saturated carbocycles. The number of halogens is 1. The Labute approximate surface area is 124 Å². The van der Waals surface area contributed by atoms with Crippen molar-refractivity contribution in [2.45, 2.75) is 25.8 Å². The van der Waals surface area contributed by atoms with Crippen LogP contribution in [0.2, 0.25) is 5.15 Å². The third-order valence-corrected chi connectivity index (χ3v) is 4.12. The first-order chi connectivity index (χ1) is 9.60. The molecule has 1 aliphatic rings. The number of aromatic nitrogens is 1. The molecule has 1 aromatic heterocycles. The van der Waals surface area contributed by atoms with Crippen LogP contribution in [0.1, 0.15) is 19.8 Å². The Balaban J connectivity index is 1.92. The maximum Gasteiger partial charge on any atom is 0.238 e. The molecule has 1 saturated heterocycles. The van der Waals surface area contributed by atoms with Gasteiger partial charge < -0.3 is 11.1 Å². The predicted molar refractivity (Wildman–Crippen MR) is 80.7 cm³/mol. The second kappa shape index (κ2) is 7.02. The first kappa shape index (κ1) is 15.2. The summed E-state index contributed by atoms with van der Waals surface area (Å²) in [4.78, 5) is 18.2. The molecule has 0 bridgehead atoms. The molecule has 2 atom stereocenters. The van der Waals surface area contributed by atoms with Gasteiger partial charge in [-0.1, -0.05) is 11.6 Å². The minimum atomic E-state index is -0.0654.